The third kappa shape index (κ3) is 4.45. The van der Waals surface area contributed by atoms with E-state index in [1.54, 1.807) is 26.5 Å². The van der Waals surface area contributed by atoms with Gasteiger partial charge in [0.1, 0.15) is 5.75 Å². The van der Waals surface area contributed by atoms with E-state index in [4.69, 9.17) is 26.2 Å². The lowest BCUT2D eigenvalue weighted by molar-refractivity contribution is 0.376. The summed E-state index contributed by atoms with van der Waals surface area (Å²) in [6.45, 7) is 0.304. The fraction of sp³-hybridized carbons (Fsp3) is 0.176. The van der Waals surface area contributed by atoms with Crippen molar-refractivity contribution in [1.82, 2.24) is 20.4 Å². The molecule has 3 rings (SSSR count). The van der Waals surface area contributed by atoms with Crippen LogP contribution in [0.3, 0.4) is 0 Å². The summed E-state index contributed by atoms with van der Waals surface area (Å²) in [5, 5.41) is 10.4. The molecule has 1 aromatic carbocycles. The van der Waals surface area contributed by atoms with Gasteiger partial charge in [-0.3, -0.25) is 0 Å². The number of pyridine rings is 1. The van der Waals surface area contributed by atoms with Crippen LogP contribution in [0.5, 0.6) is 11.6 Å². The molecule has 0 unspecified atom stereocenters. The van der Waals surface area contributed by atoms with Crippen LogP contribution in [0.25, 0.3) is 11.4 Å². The fourth-order valence-corrected chi connectivity index (χ4v) is 2.28. The van der Waals surface area contributed by atoms with E-state index in [1.807, 2.05) is 30.3 Å². The Bertz CT molecular complexity index is 865. The van der Waals surface area contributed by atoms with Crippen LogP contribution in [0.4, 0.5) is 5.69 Å². The Morgan fingerprint density at radius 3 is 2.58 bits per heavy atom. The van der Waals surface area contributed by atoms with Crippen LogP contribution < -0.4 is 20.1 Å². The minimum absolute atomic E-state index is 0.304. The van der Waals surface area contributed by atoms with Crippen LogP contribution in [0, 0.1) is 0 Å². The van der Waals surface area contributed by atoms with E-state index in [0.717, 1.165) is 17.0 Å². The largest absolute Gasteiger partial charge is 0.497 e. The maximum absolute atomic E-state index is 5.24. The molecule has 0 bridgehead atoms. The molecule has 26 heavy (non-hydrogen) atoms. The molecular formula is C17H17N5O3S. The number of aromatic nitrogens is 3. The molecule has 0 aliphatic rings. The van der Waals surface area contributed by atoms with Crippen molar-refractivity contribution in [2.75, 3.05) is 19.5 Å². The first-order chi connectivity index (χ1) is 12.7. The van der Waals surface area contributed by atoms with E-state index < -0.39 is 0 Å². The third-order valence-electron chi connectivity index (χ3n) is 3.42. The van der Waals surface area contributed by atoms with Crippen LogP contribution in [-0.4, -0.2) is 34.5 Å². The van der Waals surface area contributed by atoms with Crippen LogP contribution in [-0.2, 0) is 6.54 Å². The lowest BCUT2D eigenvalue weighted by Crippen LogP contribution is -2.28. The average molecular weight is 371 g/mol. The second kappa shape index (κ2) is 8.26. The molecule has 0 aliphatic carbocycles. The van der Waals surface area contributed by atoms with Gasteiger partial charge in [-0.05, 0) is 42.5 Å². The van der Waals surface area contributed by atoms with Crippen LogP contribution in [0.15, 0.2) is 47.1 Å². The summed E-state index contributed by atoms with van der Waals surface area (Å²) in [4.78, 5) is 8.44. The standard InChI is InChI=1S/C17H17N5O3S/c1-23-13-6-3-11(4-7-13)16-21-15(25-22-16)10-19-17(26)20-12-5-8-14(24-2)18-9-12/h3-9H,10H2,1-2H3,(H2,19,20,26). The van der Waals surface area contributed by atoms with Gasteiger partial charge in [-0.2, -0.15) is 4.98 Å². The highest BCUT2D eigenvalue weighted by atomic mass is 32.1. The first kappa shape index (κ1) is 17.6. The Labute approximate surface area is 155 Å². The van der Waals surface area contributed by atoms with Crippen molar-refractivity contribution >= 4 is 23.0 Å². The van der Waals surface area contributed by atoms with Gasteiger partial charge in [0, 0.05) is 11.6 Å². The Morgan fingerprint density at radius 2 is 1.92 bits per heavy atom. The zero-order chi connectivity index (χ0) is 18.4. The molecule has 0 radical (unpaired) electrons. The molecule has 0 aliphatic heterocycles. The second-order valence-corrected chi connectivity index (χ2v) is 5.55. The number of benzene rings is 1. The number of hydrogen-bond donors (Lipinski definition) is 2. The molecule has 0 fully saturated rings. The number of anilines is 1. The molecule has 134 valence electrons. The fourth-order valence-electron chi connectivity index (χ4n) is 2.09. The number of nitrogens with one attached hydrogen (secondary N) is 2. The van der Waals surface area contributed by atoms with Gasteiger partial charge in [-0.25, -0.2) is 4.98 Å². The van der Waals surface area contributed by atoms with Crippen molar-refractivity contribution < 1.29 is 14.0 Å². The maximum atomic E-state index is 5.24. The highest BCUT2D eigenvalue weighted by Crippen LogP contribution is 2.19. The normalized spacial score (nSPS) is 10.2. The molecule has 0 saturated heterocycles. The van der Waals surface area contributed by atoms with E-state index in [1.165, 1.54) is 0 Å². The zero-order valence-electron chi connectivity index (χ0n) is 14.2. The van der Waals surface area contributed by atoms with Crippen molar-refractivity contribution in [3.05, 3.63) is 48.5 Å². The summed E-state index contributed by atoms with van der Waals surface area (Å²) >= 11 is 5.24. The number of hydrogen-bond acceptors (Lipinski definition) is 7. The topological polar surface area (TPSA) is 94.3 Å². The minimum Gasteiger partial charge on any atom is -0.497 e. The summed E-state index contributed by atoms with van der Waals surface area (Å²) < 4.78 is 15.4. The van der Waals surface area contributed by atoms with Crippen molar-refractivity contribution in [1.29, 1.82) is 0 Å². The van der Waals surface area contributed by atoms with Crippen molar-refractivity contribution in [3.8, 4) is 23.0 Å². The molecule has 0 atom stereocenters. The maximum Gasteiger partial charge on any atom is 0.246 e. The van der Waals surface area contributed by atoms with Gasteiger partial charge < -0.3 is 24.6 Å². The predicted octanol–water partition coefficient (Wildman–Crippen LogP) is 2.64. The van der Waals surface area contributed by atoms with Crippen molar-refractivity contribution in [2.24, 2.45) is 0 Å². The number of thiocarbonyl (C=S) groups is 1. The molecule has 9 heteroatoms. The first-order valence-electron chi connectivity index (χ1n) is 7.70. The SMILES string of the molecule is COc1ccc(-c2noc(CNC(=S)Nc3ccc(OC)nc3)n2)cc1. The first-order valence-corrected chi connectivity index (χ1v) is 8.10. The van der Waals surface area contributed by atoms with Crippen molar-refractivity contribution in [3.63, 3.8) is 0 Å². The van der Waals surface area contributed by atoms with E-state index in [2.05, 4.69) is 25.8 Å². The number of rotatable bonds is 6. The quantitative estimate of drug-likeness (QED) is 0.634. The molecule has 2 N–H and O–H groups in total. The summed E-state index contributed by atoms with van der Waals surface area (Å²) in [6, 6.07) is 11.0. The van der Waals surface area contributed by atoms with E-state index in [9.17, 15) is 0 Å². The molecule has 0 spiro atoms. The van der Waals surface area contributed by atoms with Gasteiger partial charge in [0.15, 0.2) is 5.11 Å². The lowest BCUT2D eigenvalue weighted by Gasteiger charge is -2.08. The third-order valence-corrected chi connectivity index (χ3v) is 3.67. The zero-order valence-corrected chi connectivity index (χ0v) is 15.0. The van der Waals surface area contributed by atoms with Crippen molar-refractivity contribution in [2.45, 2.75) is 6.54 Å². The summed E-state index contributed by atoms with van der Waals surface area (Å²) in [5.74, 6) is 2.23. The van der Waals surface area contributed by atoms with Gasteiger partial charge in [-0.1, -0.05) is 5.16 Å². The van der Waals surface area contributed by atoms with Gasteiger partial charge in [0.25, 0.3) is 0 Å². The molecule has 0 saturated carbocycles. The van der Waals surface area contributed by atoms with Crippen LogP contribution >= 0.6 is 12.2 Å². The second-order valence-electron chi connectivity index (χ2n) is 5.14. The average Bonchev–Trinajstić information content (AvgIpc) is 3.16. The summed E-state index contributed by atoms with van der Waals surface area (Å²) in [6.07, 6.45) is 1.63. The van der Waals surface area contributed by atoms with E-state index in [-0.39, 0.29) is 0 Å². The lowest BCUT2D eigenvalue weighted by atomic mass is 10.2. The van der Waals surface area contributed by atoms with Gasteiger partial charge in [-0.15, -0.1) is 0 Å². The Balaban J connectivity index is 1.54. The molecule has 0 amide bonds. The van der Waals surface area contributed by atoms with E-state index >= 15 is 0 Å². The highest BCUT2D eigenvalue weighted by molar-refractivity contribution is 7.80. The molecule has 2 aromatic heterocycles. The van der Waals surface area contributed by atoms with Crippen LogP contribution in [0.1, 0.15) is 5.89 Å². The molecule has 3 aromatic rings. The van der Waals surface area contributed by atoms with E-state index in [0.29, 0.717) is 29.3 Å². The number of ether oxygens (including phenoxy) is 2. The Morgan fingerprint density at radius 1 is 1.12 bits per heavy atom. The predicted molar refractivity (Wildman–Crippen MR) is 100 cm³/mol. The minimum atomic E-state index is 0.304. The molecule has 2 heterocycles. The summed E-state index contributed by atoms with van der Waals surface area (Å²) in [7, 11) is 3.18. The molecule has 8 nitrogen and oxygen atoms in total. The number of methoxy groups -OCH3 is 2. The summed E-state index contributed by atoms with van der Waals surface area (Å²) in [5.41, 5.74) is 1.58. The van der Waals surface area contributed by atoms with Gasteiger partial charge in [0.2, 0.25) is 17.6 Å². The van der Waals surface area contributed by atoms with Crippen LogP contribution in [0.2, 0.25) is 0 Å². The monoisotopic (exact) mass is 371 g/mol. The highest BCUT2D eigenvalue weighted by Gasteiger charge is 2.09. The smallest absolute Gasteiger partial charge is 0.246 e. The van der Waals surface area contributed by atoms with Gasteiger partial charge in [0.05, 0.1) is 32.6 Å². The number of nitrogens with zero attached hydrogens (tertiary/aromatic N) is 3. The Hall–Kier alpha value is -3.20. The Kier molecular flexibility index (Phi) is 5.59. The molecular weight excluding hydrogens is 354 g/mol. The van der Waals surface area contributed by atoms with Gasteiger partial charge >= 0.3 is 0 Å².